The van der Waals surface area contributed by atoms with E-state index in [4.69, 9.17) is 4.98 Å². The van der Waals surface area contributed by atoms with E-state index in [1.807, 2.05) is 12.3 Å². The van der Waals surface area contributed by atoms with E-state index in [9.17, 15) is 0 Å². The lowest BCUT2D eigenvalue weighted by Crippen LogP contribution is -2.16. The average Bonchev–Trinajstić information content (AvgIpc) is 4.09. The predicted molar refractivity (Wildman–Crippen MR) is 296 cm³/mol. The molecule has 12 aromatic rings. The molecule has 3 aromatic heterocycles. The van der Waals surface area contributed by atoms with E-state index in [-0.39, 0.29) is 10.8 Å². The van der Waals surface area contributed by atoms with Gasteiger partial charge in [0, 0.05) is 72.7 Å². The van der Waals surface area contributed by atoms with Crippen molar-refractivity contribution in [2.75, 3.05) is 4.90 Å². The summed E-state index contributed by atoms with van der Waals surface area (Å²) in [6, 6.07) is 82.6. The van der Waals surface area contributed by atoms with Gasteiger partial charge in [0.2, 0.25) is 0 Å². The van der Waals surface area contributed by atoms with Crippen LogP contribution in [-0.4, -0.2) is 14.1 Å². The van der Waals surface area contributed by atoms with E-state index in [1.54, 1.807) is 0 Å². The Balaban J connectivity index is 0.977. The van der Waals surface area contributed by atoms with Crippen molar-refractivity contribution in [3.63, 3.8) is 0 Å². The van der Waals surface area contributed by atoms with Gasteiger partial charge in [-0.3, -0.25) is 4.98 Å². The van der Waals surface area contributed by atoms with Gasteiger partial charge in [0.25, 0.3) is 0 Å². The molecule has 0 bridgehead atoms. The Morgan fingerprint density at radius 2 is 0.930 bits per heavy atom. The third kappa shape index (κ3) is 6.14. The molecule has 338 valence electrons. The average molecular weight is 911 g/mol. The molecule has 0 aliphatic heterocycles. The quantitative estimate of drug-likeness (QED) is 0.159. The lowest BCUT2D eigenvalue weighted by atomic mass is 9.81. The molecule has 2 aliphatic carbocycles. The molecule has 0 saturated carbocycles. The lowest BCUT2D eigenvalue weighted by molar-refractivity contribution is 0.660. The Hall–Kier alpha value is -8.73. The molecule has 0 radical (unpaired) electrons. The van der Waals surface area contributed by atoms with Crippen LogP contribution >= 0.6 is 0 Å². The molecule has 0 unspecified atom stereocenters. The van der Waals surface area contributed by atoms with Crippen molar-refractivity contribution in [2.24, 2.45) is 0 Å². The van der Waals surface area contributed by atoms with E-state index >= 15 is 0 Å². The molecule has 3 heterocycles. The van der Waals surface area contributed by atoms with Crippen LogP contribution < -0.4 is 4.90 Å². The monoisotopic (exact) mass is 910 g/mol. The van der Waals surface area contributed by atoms with E-state index in [2.05, 4.69) is 260 Å². The first kappa shape index (κ1) is 41.3. The number of aromatic nitrogens is 3. The fourth-order valence-electron chi connectivity index (χ4n) is 12.3. The minimum absolute atomic E-state index is 0.132. The second-order valence-corrected chi connectivity index (χ2v) is 20.4. The van der Waals surface area contributed by atoms with Crippen molar-refractivity contribution >= 4 is 49.8 Å². The molecule has 2 aliphatic rings. The van der Waals surface area contributed by atoms with Crippen molar-refractivity contribution in [3.8, 4) is 56.1 Å². The highest BCUT2D eigenvalue weighted by atomic mass is 15.1. The van der Waals surface area contributed by atoms with Crippen LogP contribution in [0.1, 0.15) is 49.9 Å². The molecule has 0 atom stereocenters. The van der Waals surface area contributed by atoms with Gasteiger partial charge < -0.3 is 14.0 Å². The first-order chi connectivity index (χ1) is 34.7. The van der Waals surface area contributed by atoms with Crippen LogP contribution in [0.4, 0.5) is 17.1 Å². The van der Waals surface area contributed by atoms with Crippen LogP contribution in [0.25, 0.3) is 88.9 Å². The Morgan fingerprint density at radius 3 is 1.66 bits per heavy atom. The molecule has 9 aromatic carbocycles. The largest absolute Gasteiger partial charge is 0.310 e. The van der Waals surface area contributed by atoms with Gasteiger partial charge in [-0.15, -0.1) is 0 Å². The number of anilines is 3. The summed E-state index contributed by atoms with van der Waals surface area (Å²) in [7, 11) is 0. The smallest absolute Gasteiger partial charge is 0.0702 e. The van der Waals surface area contributed by atoms with Crippen molar-refractivity contribution < 1.29 is 0 Å². The summed E-state index contributed by atoms with van der Waals surface area (Å²) in [5.41, 5.74) is 23.9. The van der Waals surface area contributed by atoms with Gasteiger partial charge in [0.1, 0.15) is 0 Å². The maximum absolute atomic E-state index is 4.80. The second kappa shape index (κ2) is 15.4. The highest BCUT2D eigenvalue weighted by molar-refractivity contribution is 6.16. The number of nitrogens with zero attached hydrogens (tertiary/aromatic N) is 4. The van der Waals surface area contributed by atoms with Crippen LogP contribution in [0.5, 0.6) is 0 Å². The van der Waals surface area contributed by atoms with Crippen molar-refractivity contribution in [3.05, 3.63) is 253 Å². The lowest BCUT2D eigenvalue weighted by Gasteiger charge is -2.28. The van der Waals surface area contributed by atoms with Gasteiger partial charge in [-0.25, -0.2) is 0 Å². The number of fused-ring (bicyclic) bond motifs is 11. The minimum atomic E-state index is -0.197. The maximum Gasteiger partial charge on any atom is 0.0702 e. The molecule has 14 rings (SSSR count). The zero-order valence-corrected chi connectivity index (χ0v) is 40.2. The van der Waals surface area contributed by atoms with E-state index in [1.165, 1.54) is 77.4 Å². The summed E-state index contributed by atoms with van der Waals surface area (Å²) in [4.78, 5) is 7.21. The summed E-state index contributed by atoms with van der Waals surface area (Å²) in [5.74, 6) is 0. The zero-order chi connectivity index (χ0) is 47.6. The van der Waals surface area contributed by atoms with Gasteiger partial charge in [-0.1, -0.05) is 155 Å². The Morgan fingerprint density at radius 1 is 0.366 bits per heavy atom. The second-order valence-electron chi connectivity index (χ2n) is 20.4. The Bertz CT molecular complexity index is 4060. The fourth-order valence-corrected chi connectivity index (χ4v) is 12.3. The van der Waals surface area contributed by atoms with E-state index in [0.29, 0.717) is 0 Å². The highest BCUT2D eigenvalue weighted by Gasteiger charge is 2.41. The molecular weight excluding hydrogens is 861 g/mol. The Kier molecular flexibility index (Phi) is 8.94. The highest BCUT2D eigenvalue weighted by Crippen LogP contribution is 2.55. The molecule has 0 N–H and O–H groups in total. The third-order valence-corrected chi connectivity index (χ3v) is 15.7. The summed E-state index contributed by atoms with van der Waals surface area (Å²) < 4.78 is 4.98. The Labute approximate surface area is 414 Å². The van der Waals surface area contributed by atoms with Gasteiger partial charge in [0.05, 0.1) is 27.9 Å². The van der Waals surface area contributed by atoms with Gasteiger partial charge in [-0.2, -0.15) is 0 Å². The summed E-state index contributed by atoms with van der Waals surface area (Å²) >= 11 is 0. The zero-order valence-electron chi connectivity index (χ0n) is 40.2. The van der Waals surface area contributed by atoms with Gasteiger partial charge in [-0.05, 0) is 142 Å². The summed E-state index contributed by atoms with van der Waals surface area (Å²) in [5, 5.41) is 3.70. The van der Waals surface area contributed by atoms with Crippen LogP contribution in [0.2, 0.25) is 0 Å². The molecule has 0 amide bonds. The van der Waals surface area contributed by atoms with E-state index in [0.717, 1.165) is 50.7 Å². The molecule has 71 heavy (non-hydrogen) atoms. The van der Waals surface area contributed by atoms with Crippen molar-refractivity contribution in [1.29, 1.82) is 0 Å². The SMILES string of the molecule is CC1(C)c2ccccc2-c2ccc(N(c3ccc(-c4ccccc4)cc3)c3ccc(-n4c5ccc(-c6ccccn6)cc5c5cc6c7c(n(-c8ccccc8)c6cc54)-c4ccccc4C7(C)C)cc3)cc21. The first-order valence-electron chi connectivity index (χ1n) is 24.8. The number of rotatable bonds is 7. The van der Waals surface area contributed by atoms with Crippen LogP contribution in [-0.2, 0) is 10.8 Å². The molecular formula is C67H50N4. The topological polar surface area (TPSA) is 26.0 Å². The normalized spacial score (nSPS) is 13.9. The fraction of sp³-hybridized carbons (Fsp3) is 0.0896. The molecule has 0 saturated heterocycles. The molecule has 4 heteroatoms. The van der Waals surface area contributed by atoms with Crippen LogP contribution in [0.3, 0.4) is 0 Å². The minimum Gasteiger partial charge on any atom is -0.310 e. The van der Waals surface area contributed by atoms with Gasteiger partial charge >= 0.3 is 0 Å². The van der Waals surface area contributed by atoms with Crippen molar-refractivity contribution in [2.45, 2.75) is 38.5 Å². The number of para-hydroxylation sites is 1. The van der Waals surface area contributed by atoms with Crippen LogP contribution in [0, 0.1) is 0 Å². The predicted octanol–water partition coefficient (Wildman–Crippen LogP) is 17.5. The van der Waals surface area contributed by atoms with E-state index < -0.39 is 0 Å². The summed E-state index contributed by atoms with van der Waals surface area (Å²) in [6.07, 6.45) is 1.88. The third-order valence-electron chi connectivity index (χ3n) is 15.7. The molecule has 4 nitrogen and oxygen atoms in total. The molecule has 0 fully saturated rings. The number of pyridine rings is 1. The van der Waals surface area contributed by atoms with Crippen molar-refractivity contribution in [1.82, 2.24) is 14.1 Å². The van der Waals surface area contributed by atoms with Crippen LogP contribution in [0.15, 0.2) is 231 Å². The standard InChI is InChI=1S/C67H50N4/c1-66(2)57-23-13-11-21-51(57)52-36-35-50(40-59(52)66)69(47-29-26-44(27-30-47)43-17-7-5-8-18-43)48-31-33-49(34-32-48)70-61-37-28-45(60-25-15-16-38-68-60)39-54(61)55-41-56-63(42-62(55)70)71(46-19-9-6-10-20-46)65-53-22-12-14-24-58(53)67(3,4)64(56)65/h5-42H,1-4H3. The number of hydrogen-bond donors (Lipinski definition) is 0. The number of benzene rings is 9. The van der Waals surface area contributed by atoms with Gasteiger partial charge in [0.15, 0.2) is 0 Å². The number of hydrogen-bond acceptors (Lipinski definition) is 2. The molecule has 0 spiro atoms. The first-order valence-corrected chi connectivity index (χ1v) is 24.8. The summed E-state index contributed by atoms with van der Waals surface area (Å²) in [6.45, 7) is 9.50. The maximum atomic E-state index is 4.80.